The molecule has 26 heavy (non-hydrogen) atoms. The molecule has 0 aliphatic carbocycles. The van der Waals surface area contributed by atoms with E-state index in [0.717, 1.165) is 23.5 Å². The number of carbonyl (C=O) groups excluding carboxylic acids is 2. The van der Waals surface area contributed by atoms with Gasteiger partial charge in [-0.3, -0.25) is 9.59 Å². The van der Waals surface area contributed by atoms with Crippen LogP contribution in [0.3, 0.4) is 0 Å². The number of hydrogen-bond donors (Lipinski definition) is 0. The number of rotatable bonds is 5. The van der Waals surface area contributed by atoms with Crippen LogP contribution in [0.1, 0.15) is 42.6 Å². The molecular weight excluding hydrogens is 324 g/mol. The van der Waals surface area contributed by atoms with Crippen LogP contribution in [0.2, 0.25) is 0 Å². The largest absolute Gasteiger partial charge is 0.366 e. The number of para-hydroxylation sites is 2. The fourth-order valence-electron chi connectivity index (χ4n) is 3.59. The van der Waals surface area contributed by atoms with Gasteiger partial charge in [0.2, 0.25) is 5.91 Å². The summed E-state index contributed by atoms with van der Waals surface area (Å²) in [5.74, 6) is 0.0346. The second-order valence-electron chi connectivity index (χ2n) is 6.92. The number of Topliss-reactive ketones (excluding diaryl/α,β-unsaturated/α-hetero) is 1. The number of hydrogen-bond acceptors (Lipinski definition) is 3. The van der Waals surface area contributed by atoms with Crippen molar-refractivity contribution in [3.63, 3.8) is 0 Å². The summed E-state index contributed by atoms with van der Waals surface area (Å²) in [7, 11) is 0. The van der Waals surface area contributed by atoms with Crippen molar-refractivity contribution in [1.29, 1.82) is 0 Å². The van der Waals surface area contributed by atoms with Gasteiger partial charge in [0.05, 0.1) is 11.4 Å². The molecule has 1 unspecified atom stereocenters. The monoisotopic (exact) mass is 350 g/mol. The first-order valence-electron chi connectivity index (χ1n) is 9.27. The molecule has 0 aromatic heterocycles. The summed E-state index contributed by atoms with van der Waals surface area (Å²) in [6.45, 7) is 7.82. The van der Waals surface area contributed by atoms with Crippen molar-refractivity contribution >= 4 is 23.1 Å². The number of likely N-dealkylation sites (N-methyl/N-ethyl adjacent to an activating group) is 1. The summed E-state index contributed by atoms with van der Waals surface area (Å²) >= 11 is 0. The Kier molecular flexibility index (Phi) is 5.40. The first kappa shape index (κ1) is 18.2. The van der Waals surface area contributed by atoms with E-state index in [1.165, 1.54) is 0 Å². The Bertz CT molecular complexity index is 798. The number of aryl methyl sites for hydroxylation is 1. The van der Waals surface area contributed by atoms with Crippen LogP contribution >= 0.6 is 0 Å². The van der Waals surface area contributed by atoms with Crippen molar-refractivity contribution in [1.82, 2.24) is 0 Å². The Labute approximate surface area is 155 Å². The molecule has 2 aromatic rings. The summed E-state index contributed by atoms with van der Waals surface area (Å²) in [4.78, 5) is 29.4. The minimum atomic E-state index is 0.0144. The first-order chi connectivity index (χ1) is 12.5. The number of fused-ring (bicyclic) bond motifs is 1. The number of ketones is 1. The van der Waals surface area contributed by atoms with Crippen molar-refractivity contribution < 1.29 is 9.59 Å². The molecule has 1 aliphatic heterocycles. The predicted octanol–water partition coefficient (Wildman–Crippen LogP) is 4.22. The van der Waals surface area contributed by atoms with Gasteiger partial charge in [-0.05, 0) is 32.9 Å². The highest BCUT2D eigenvalue weighted by atomic mass is 16.2. The van der Waals surface area contributed by atoms with E-state index < -0.39 is 0 Å². The van der Waals surface area contributed by atoms with E-state index >= 15 is 0 Å². The fraction of sp³-hybridized carbons (Fsp3) is 0.364. The molecule has 136 valence electrons. The second-order valence-corrected chi connectivity index (χ2v) is 6.92. The summed E-state index contributed by atoms with van der Waals surface area (Å²) in [5.41, 5.74) is 3.83. The number of nitrogens with zero attached hydrogens (tertiary/aromatic N) is 2. The predicted molar refractivity (Wildman–Crippen MR) is 106 cm³/mol. The Balaban J connectivity index is 1.71. The highest BCUT2D eigenvalue weighted by Gasteiger charge is 2.30. The Morgan fingerprint density at radius 3 is 2.31 bits per heavy atom. The average Bonchev–Trinajstić information content (AvgIpc) is 2.65. The molecule has 0 radical (unpaired) electrons. The van der Waals surface area contributed by atoms with Crippen molar-refractivity contribution in [3.8, 4) is 0 Å². The normalized spacial score (nSPS) is 16.3. The zero-order valence-corrected chi connectivity index (χ0v) is 15.7. The Morgan fingerprint density at radius 1 is 1.00 bits per heavy atom. The SMILES string of the molecule is CCN1c2ccccc2N(C(=O)CCC(=O)c2ccc(C)cc2)CC1C. The molecule has 0 saturated heterocycles. The van der Waals surface area contributed by atoms with Gasteiger partial charge in [-0.2, -0.15) is 0 Å². The summed E-state index contributed by atoms with van der Waals surface area (Å²) in [6.07, 6.45) is 0.478. The minimum Gasteiger partial charge on any atom is -0.366 e. The summed E-state index contributed by atoms with van der Waals surface area (Å²) in [6, 6.07) is 15.8. The van der Waals surface area contributed by atoms with Crippen LogP contribution in [0.15, 0.2) is 48.5 Å². The zero-order chi connectivity index (χ0) is 18.7. The maximum atomic E-state index is 12.8. The third kappa shape index (κ3) is 3.64. The van der Waals surface area contributed by atoms with Crippen molar-refractivity contribution in [2.75, 3.05) is 22.9 Å². The van der Waals surface area contributed by atoms with Gasteiger partial charge in [0, 0.05) is 37.5 Å². The van der Waals surface area contributed by atoms with Crippen LogP contribution < -0.4 is 9.80 Å². The van der Waals surface area contributed by atoms with E-state index in [0.29, 0.717) is 12.1 Å². The molecule has 3 rings (SSSR count). The van der Waals surface area contributed by atoms with E-state index in [2.05, 4.69) is 24.8 Å². The van der Waals surface area contributed by atoms with Crippen LogP contribution in [0.4, 0.5) is 11.4 Å². The molecule has 4 nitrogen and oxygen atoms in total. The third-order valence-electron chi connectivity index (χ3n) is 5.04. The fourth-order valence-corrected chi connectivity index (χ4v) is 3.59. The molecule has 2 aromatic carbocycles. The van der Waals surface area contributed by atoms with E-state index in [-0.39, 0.29) is 30.6 Å². The topological polar surface area (TPSA) is 40.6 Å². The van der Waals surface area contributed by atoms with Gasteiger partial charge < -0.3 is 9.80 Å². The second kappa shape index (κ2) is 7.73. The summed E-state index contributed by atoms with van der Waals surface area (Å²) in [5, 5.41) is 0. The van der Waals surface area contributed by atoms with Crippen LogP contribution in [-0.4, -0.2) is 30.8 Å². The van der Waals surface area contributed by atoms with Gasteiger partial charge in [-0.25, -0.2) is 0 Å². The molecule has 0 spiro atoms. The van der Waals surface area contributed by atoms with Gasteiger partial charge >= 0.3 is 0 Å². The molecule has 4 heteroatoms. The minimum absolute atomic E-state index is 0.0144. The number of benzene rings is 2. The molecule has 1 atom stereocenters. The molecule has 0 fully saturated rings. The lowest BCUT2D eigenvalue weighted by molar-refractivity contribution is -0.118. The number of carbonyl (C=O) groups is 2. The lowest BCUT2D eigenvalue weighted by Crippen LogP contribution is -2.49. The van der Waals surface area contributed by atoms with Gasteiger partial charge in [-0.15, -0.1) is 0 Å². The standard InChI is InChI=1S/C22H26N2O2/c1-4-23-17(3)15-24(20-8-6-5-7-19(20)23)22(26)14-13-21(25)18-11-9-16(2)10-12-18/h5-12,17H,4,13-15H2,1-3H3. The maximum Gasteiger partial charge on any atom is 0.227 e. The lowest BCUT2D eigenvalue weighted by Gasteiger charge is -2.42. The highest BCUT2D eigenvalue weighted by molar-refractivity contribution is 6.02. The highest BCUT2D eigenvalue weighted by Crippen LogP contribution is 2.35. The molecule has 1 amide bonds. The number of amides is 1. The van der Waals surface area contributed by atoms with Crippen LogP contribution in [0, 0.1) is 6.92 Å². The van der Waals surface area contributed by atoms with E-state index in [4.69, 9.17) is 0 Å². The average molecular weight is 350 g/mol. The number of anilines is 2. The molecule has 1 aliphatic rings. The van der Waals surface area contributed by atoms with Gasteiger partial charge in [0.15, 0.2) is 5.78 Å². The smallest absolute Gasteiger partial charge is 0.227 e. The molecule has 0 N–H and O–H groups in total. The van der Waals surface area contributed by atoms with Crippen molar-refractivity contribution in [3.05, 3.63) is 59.7 Å². The van der Waals surface area contributed by atoms with Gasteiger partial charge in [-0.1, -0.05) is 42.0 Å². The molecule has 0 bridgehead atoms. The van der Waals surface area contributed by atoms with Crippen molar-refractivity contribution in [2.45, 2.75) is 39.7 Å². The van der Waals surface area contributed by atoms with E-state index in [1.54, 1.807) is 0 Å². The maximum absolute atomic E-state index is 12.8. The van der Waals surface area contributed by atoms with Gasteiger partial charge in [0.1, 0.15) is 0 Å². The Morgan fingerprint density at radius 2 is 1.65 bits per heavy atom. The van der Waals surface area contributed by atoms with Gasteiger partial charge in [0.25, 0.3) is 0 Å². The quantitative estimate of drug-likeness (QED) is 0.758. The molecule has 0 saturated carbocycles. The Hall–Kier alpha value is -2.62. The lowest BCUT2D eigenvalue weighted by atomic mass is 10.0. The van der Waals surface area contributed by atoms with E-state index in [1.807, 2.05) is 54.3 Å². The first-order valence-corrected chi connectivity index (χ1v) is 9.27. The van der Waals surface area contributed by atoms with Crippen molar-refractivity contribution in [2.24, 2.45) is 0 Å². The van der Waals surface area contributed by atoms with Crippen LogP contribution in [-0.2, 0) is 4.79 Å². The third-order valence-corrected chi connectivity index (χ3v) is 5.04. The van der Waals surface area contributed by atoms with Crippen LogP contribution in [0.25, 0.3) is 0 Å². The van der Waals surface area contributed by atoms with E-state index in [9.17, 15) is 9.59 Å². The van der Waals surface area contributed by atoms with Crippen LogP contribution in [0.5, 0.6) is 0 Å². The molecular formula is C22H26N2O2. The molecule has 1 heterocycles. The summed E-state index contributed by atoms with van der Waals surface area (Å²) < 4.78 is 0. The zero-order valence-electron chi connectivity index (χ0n) is 15.7.